The molecule has 6 heteroatoms. The van der Waals surface area contributed by atoms with Crippen LogP contribution >= 0.6 is 11.3 Å². The topological polar surface area (TPSA) is 62.7 Å². The predicted octanol–water partition coefficient (Wildman–Crippen LogP) is 5.67. The van der Waals surface area contributed by atoms with E-state index in [0.29, 0.717) is 22.1 Å². The van der Waals surface area contributed by atoms with E-state index in [-0.39, 0.29) is 5.82 Å². The second kappa shape index (κ2) is 7.36. The van der Waals surface area contributed by atoms with E-state index in [1.807, 2.05) is 17.5 Å². The summed E-state index contributed by atoms with van der Waals surface area (Å²) >= 11 is 1.40. The number of nitrogens with zero attached hydrogens (tertiary/aromatic N) is 3. The lowest BCUT2D eigenvalue weighted by molar-refractivity contribution is 0.571. The Bertz CT molecular complexity index is 1140. The molecule has 0 atom stereocenters. The van der Waals surface area contributed by atoms with E-state index in [9.17, 15) is 9.65 Å². The lowest BCUT2D eigenvalue weighted by Gasteiger charge is -1.96. The maximum absolute atomic E-state index is 13.1. The molecule has 0 N–H and O–H groups in total. The summed E-state index contributed by atoms with van der Waals surface area (Å²) in [5.74, 6) is 0.840. The average Bonchev–Trinajstić information content (AvgIpc) is 3.37. The van der Waals surface area contributed by atoms with Gasteiger partial charge >= 0.3 is 0 Å². The molecule has 1 aromatic carbocycles. The molecule has 0 amide bonds. The third-order valence-corrected chi connectivity index (χ3v) is 4.75. The van der Waals surface area contributed by atoms with Gasteiger partial charge in [0.2, 0.25) is 0 Å². The Kier molecular flexibility index (Phi) is 4.60. The van der Waals surface area contributed by atoms with Gasteiger partial charge in [-0.3, -0.25) is 4.98 Å². The Labute approximate surface area is 158 Å². The van der Waals surface area contributed by atoms with Crippen LogP contribution in [0.25, 0.3) is 34.2 Å². The zero-order chi connectivity index (χ0) is 18.6. The summed E-state index contributed by atoms with van der Waals surface area (Å²) in [5, 5.41) is 12.0. The molecule has 130 valence electrons. The van der Waals surface area contributed by atoms with Crippen LogP contribution in [0.5, 0.6) is 0 Å². The van der Waals surface area contributed by atoms with Crippen LogP contribution in [0.4, 0.5) is 4.39 Å². The van der Waals surface area contributed by atoms with E-state index in [2.05, 4.69) is 16.0 Å². The minimum Gasteiger partial charge on any atom is -0.457 e. The molecule has 0 aliphatic heterocycles. The first-order chi connectivity index (χ1) is 13.2. The zero-order valence-corrected chi connectivity index (χ0v) is 14.8. The van der Waals surface area contributed by atoms with Gasteiger partial charge in [-0.1, -0.05) is 0 Å². The number of pyridine rings is 1. The monoisotopic (exact) mass is 373 g/mol. The maximum Gasteiger partial charge on any atom is 0.134 e. The van der Waals surface area contributed by atoms with Crippen LogP contribution in [-0.2, 0) is 0 Å². The fourth-order valence-electron chi connectivity index (χ4n) is 2.54. The van der Waals surface area contributed by atoms with Crippen molar-refractivity contribution in [3.05, 3.63) is 82.9 Å². The number of hydrogen-bond donors (Lipinski definition) is 0. The van der Waals surface area contributed by atoms with Crippen LogP contribution in [0, 0.1) is 17.1 Å². The summed E-state index contributed by atoms with van der Waals surface area (Å²) < 4.78 is 18.8. The van der Waals surface area contributed by atoms with Crippen molar-refractivity contribution in [1.82, 2.24) is 9.97 Å². The van der Waals surface area contributed by atoms with Crippen molar-refractivity contribution in [2.24, 2.45) is 0 Å². The van der Waals surface area contributed by atoms with Gasteiger partial charge in [0.15, 0.2) is 0 Å². The molecule has 0 saturated heterocycles. The van der Waals surface area contributed by atoms with Crippen molar-refractivity contribution in [3.63, 3.8) is 0 Å². The highest BCUT2D eigenvalue weighted by Gasteiger charge is 2.11. The molecule has 0 bridgehead atoms. The molecule has 27 heavy (non-hydrogen) atoms. The molecular weight excluding hydrogens is 361 g/mol. The fraction of sp³-hybridized carbons (Fsp3) is 0. The van der Waals surface area contributed by atoms with Gasteiger partial charge in [-0.25, -0.2) is 9.37 Å². The summed E-state index contributed by atoms with van der Waals surface area (Å²) in [6, 6.07) is 15.5. The van der Waals surface area contributed by atoms with E-state index in [0.717, 1.165) is 16.8 Å². The highest BCUT2D eigenvalue weighted by Crippen LogP contribution is 2.28. The summed E-state index contributed by atoms with van der Waals surface area (Å²) in [5.41, 5.74) is 2.93. The van der Waals surface area contributed by atoms with Gasteiger partial charge in [0.25, 0.3) is 0 Å². The SMILES string of the molecule is N#C/C(=C/c1ccc(-c2ccc(F)cc2)o1)c1nc(-c2ccncc2)cs1. The van der Waals surface area contributed by atoms with Crippen LogP contribution in [0.2, 0.25) is 0 Å². The first-order valence-electron chi connectivity index (χ1n) is 8.07. The summed E-state index contributed by atoms with van der Waals surface area (Å²) in [4.78, 5) is 8.53. The number of nitriles is 1. The Morgan fingerprint density at radius 1 is 1.04 bits per heavy atom. The van der Waals surface area contributed by atoms with Gasteiger partial charge in [0.1, 0.15) is 28.4 Å². The number of furan rings is 1. The third-order valence-electron chi connectivity index (χ3n) is 3.87. The van der Waals surface area contributed by atoms with Gasteiger partial charge in [0.05, 0.1) is 11.3 Å². The Hall–Kier alpha value is -3.56. The minimum absolute atomic E-state index is 0.300. The van der Waals surface area contributed by atoms with Crippen molar-refractivity contribution in [2.75, 3.05) is 0 Å². The number of aromatic nitrogens is 2. The molecule has 0 aliphatic rings. The van der Waals surface area contributed by atoms with Crippen molar-refractivity contribution < 1.29 is 8.81 Å². The average molecular weight is 373 g/mol. The Balaban J connectivity index is 1.62. The van der Waals surface area contributed by atoms with E-state index in [1.54, 1.807) is 42.7 Å². The highest BCUT2D eigenvalue weighted by molar-refractivity contribution is 7.11. The Morgan fingerprint density at radius 2 is 1.81 bits per heavy atom. The van der Waals surface area contributed by atoms with Gasteiger partial charge in [0, 0.05) is 35.0 Å². The number of benzene rings is 1. The van der Waals surface area contributed by atoms with E-state index in [4.69, 9.17) is 4.42 Å². The van der Waals surface area contributed by atoms with Crippen molar-refractivity contribution in [1.29, 1.82) is 5.26 Å². The van der Waals surface area contributed by atoms with Crippen LogP contribution in [0.1, 0.15) is 10.8 Å². The standard InChI is InChI=1S/C21H12FN3OS/c22-17-3-1-15(2-4-17)20-6-5-18(26-20)11-16(12-23)21-25-19(13-27-21)14-7-9-24-10-8-14/h1-11,13H/b16-11-. The molecule has 3 heterocycles. The molecule has 3 aromatic heterocycles. The fourth-order valence-corrected chi connectivity index (χ4v) is 3.33. The first kappa shape index (κ1) is 16.9. The quantitative estimate of drug-likeness (QED) is 0.433. The highest BCUT2D eigenvalue weighted by atomic mass is 32.1. The summed E-state index contributed by atoms with van der Waals surface area (Å²) in [7, 11) is 0. The third kappa shape index (κ3) is 3.68. The maximum atomic E-state index is 13.1. The smallest absolute Gasteiger partial charge is 0.134 e. The van der Waals surface area contributed by atoms with Gasteiger partial charge in [-0.15, -0.1) is 11.3 Å². The Morgan fingerprint density at radius 3 is 2.56 bits per heavy atom. The molecule has 0 aliphatic carbocycles. The normalized spacial score (nSPS) is 11.3. The molecule has 0 radical (unpaired) electrons. The largest absolute Gasteiger partial charge is 0.457 e. The number of hydrogen-bond acceptors (Lipinski definition) is 5. The molecule has 0 unspecified atom stereocenters. The van der Waals surface area contributed by atoms with Gasteiger partial charge in [-0.2, -0.15) is 5.26 Å². The molecule has 4 nitrogen and oxygen atoms in total. The van der Waals surface area contributed by atoms with Crippen LogP contribution in [-0.4, -0.2) is 9.97 Å². The molecule has 4 rings (SSSR count). The lowest BCUT2D eigenvalue weighted by Crippen LogP contribution is -1.82. The second-order valence-corrected chi connectivity index (χ2v) is 6.51. The minimum atomic E-state index is -0.300. The zero-order valence-electron chi connectivity index (χ0n) is 14.0. The number of rotatable bonds is 4. The molecule has 0 spiro atoms. The van der Waals surface area contributed by atoms with Crippen molar-refractivity contribution >= 4 is 23.0 Å². The molecule has 0 saturated carbocycles. The van der Waals surface area contributed by atoms with Crippen molar-refractivity contribution in [2.45, 2.75) is 0 Å². The van der Waals surface area contributed by atoms with E-state index in [1.165, 1.54) is 23.5 Å². The molecule has 0 fully saturated rings. The van der Waals surface area contributed by atoms with E-state index >= 15 is 0 Å². The summed E-state index contributed by atoms with van der Waals surface area (Å²) in [6.07, 6.45) is 5.06. The number of thiazole rings is 1. The van der Waals surface area contributed by atoms with Crippen LogP contribution in [0.3, 0.4) is 0 Å². The first-order valence-corrected chi connectivity index (χ1v) is 8.95. The lowest BCUT2D eigenvalue weighted by atomic mass is 10.2. The summed E-state index contributed by atoms with van der Waals surface area (Å²) in [6.45, 7) is 0. The van der Waals surface area contributed by atoms with E-state index < -0.39 is 0 Å². The van der Waals surface area contributed by atoms with Gasteiger partial charge in [-0.05, 0) is 48.5 Å². The van der Waals surface area contributed by atoms with Crippen molar-refractivity contribution in [3.8, 4) is 28.7 Å². The van der Waals surface area contributed by atoms with Gasteiger partial charge < -0.3 is 4.42 Å². The van der Waals surface area contributed by atoms with Crippen LogP contribution in [0.15, 0.2) is 70.7 Å². The molecule has 4 aromatic rings. The number of allylic oxidation sites excluding steroid dienone is 1. The van der Waals surface area contributed by atoms with Crippen LogP contribution < -0.4 is 0 Å². The predicted molar refractivity (Wildman–Crippen MR) is 103 cm³/mol. The second-order valence-electron chi connectivity index (χ2n) is 5.65. The number of halogens is 1. The molecular formula is C21H12FN3OS.